The van der Waals surface area contributed by atoms with Gasteiger partial charge in [-0.3, -0.25) is 4.79 Å². The Bertz CT molecular complexity index is 609. The molecule has 0 unspecified atom stereocenters. The van der Waals surface area contributed by atoms with Crippen LogP contribution in [0.2, 0.25) is 0 Å². The maximum atomic E-state index is 11.9. The van der Waals surface area contributed by atoms with Crippen LogP contribution in [0.25, 0.3) is 0 Å². The fourth-order valence-electron chi connectivity index (χ4n) is 1.72. The van der Waals surface area contributed by atoms with Gasteiger partial charge in [0.25, 0.3) is 5.91 Å². The van der Waals surface area contributed by atoms with Crippen molar-refractivity contribution in [2.75, 3.05) is 14.2 Å². The van der Waals surface area contributed by atoms with Gasteiger partial charge in [0.15, 0.2) is 10.4 Å². The molecule has 0 aliphatic heterocycles. The highest BCUT2D eigenvalue weighted by Gasteiger charge is 2.12. The smallest absolute Gasteiger partial charge is 0.287 e. The zero-order valence-corrected chi connectivity index (χ0v) is 12.7. The van der Waals surface area contributed by atoms with E-state index < -0.39 is 0 Å². The van der Waals surface area contributed by atoms with E-state index >= 15 is 0 Å². The Hall–Kier alpha value is -1.95. The Labute approximate surface area is 125 Å². The normalized spacial score (nSPS) is 10.2. The summed E-state index contributed by atoms with van der Waals surface area (Å²) in [7, 11) is 3.17. The zero-order chi connectivity index (χ0) is 14.5. The average molecular weight is 340 g/mol. The van der Waals surface area contributed by atoms with Gasteiger partial charge in [0, 0.05) is 12.1 Å². The summed E-state index contributed by atoms with van der Waals surface area (Å²) in [6, 6.07) is 8.68. The highest BCUT2D eigenvalue weighted by Crippen LogP contribution is 2.24. The van der Waals surface area contributed by atoms with Crippen molar-refractivity contribution in [3.63, 3.8) is 0 Å². The molecule has 0 radical (unpaired) electrons. The van der Waals surface area contributed by atoms with Gasteiger partial charge in [-0.2, -0.15) is 0 Å². The van der Waals surface area contributed by atoms with E-state index in [9.17, 15) is 4.79 Å². The van der Waals surface area contributed by atoms with Crippen LogP contribution in [0.4, 0.5) is 0 Å². The third-order valence-corrected chi connectivity index (χ3v) is 3.15. The minimum atomic E-state index is -0.291. The molecule has 0 aliphatic carbocycles. The first-order chi connectivity index (χ1) is 9.63. The first-order valence-electron chi connectivity index (χ1n) is 5.88. The summed E-state index contributed by atoms with van der Waals surface area (Å²) in [5.41, 5.74) is 0.825. The summed E-state index contributed by atoms with van der Waals surface area (Å²) >= 11 is 3.15. The average Bonchev–Trinajstić information content (AvgIpc) is 2.91. The number of methoxy groups -OCH3 is 2. The molecule has 0 atom stereocenters. The number of carbonyl (C=O) groups is 1. The Morgan fingerprint density at radius 3 is 2.65 bits per heavy atom. The van der Waals surface area contributed by atoms with Crippen LogP contribution in [-0.4, -0.2) is 20.1 Å². The summed E-state index contributed by atoms with van der Waals surface area (Å²) in [6.45, 7) is 0.317. The van der Waals surface area contributed by atoms with Crippen LogP contribution in [0.1, 0.15) is 16.1 Å². The minimum absolute atomic E-state index is 0.249. The van der Waals surface area contributed by atoms with E-state index in [2.05, 4.69) is 21.2 Å². The molecule has 0 bridgehead atoms. The molecule has 20 heavy (non-hydrogen) atoms. The number of halogens is 1. The lowest BCUT2D eigenvalue weighted by Crippen LogP contribution is -2.22. The molecule has 1 aromatic heterocycles. The topological polar surface area (TPSA) is 60.7 Å². The van der Waals surface area contributed by atoms with E-state index in [-0.39, 0.29) is 11.7 Å². The van der Waals surface area contributed by atoms with Crippen molar-refractivity contribution in [2.24, 2.45) is 0 Å². The van der Waals surface area contributed by atoms with Gasteiger partial charge in [0.2, 0.25) is 0 Å². The van der Waals surface area contributed by atoms with Crippen molar-refractivity contribution >= 4 is 21.8 Å². The van der Waals surface area contributed by atoms with E-state index in [1.165, 1.54) is 0 Å². The van der Waals surface area contributed by atoms with Crippen LogP contribution in [0.15, 0.2) is 39.4 Å². The molecule has 0 fully saturated rings. The third-order valence-electron chi connectivity index (χ3n) is 2.72. The molecule has 0 saturated heterocycles. The van der Waals surface area contributed by atoms with Gasteiger partial charge in [0.1, 0.15) is 11.5 Å². The summed E-state index contributed by atoms with van der Waals surface area (Å²) < 4.78 is 16.1. The predicted octanol–water partition coefficient (Wildman–Crippen LogP) is 2.99. The molecule has 1 aromatic carbocycles. The fraction of sp³-hybridized carbons (Fsp3) is 0.214. The number of furan rings is 1. The van der Waals surface area contributed by atoms with Gasteiger partial charge in [0.05, 0.1) is 14.2 Å². The quantitative estimate of drug-likeness (QED) is 0.909. The third kappa shape index (κ3) is 3.33. The minimum Gasteiger partial charge on any atom is -0.497 e. The summed E-state index contributed by atoms with van der Waals surface area (Å²) in [4.78, 5) is 11.9. The van der Waals surface area contributed by atoms with E-state index in [1.807, 2.05) is 6.07 Å². The van der Waals surface area contributed by atoms with Gasteiger partial charge in [-0.15, -0.1) is 0 Å². The monoisotopic (exact) mass is 339 g/mol. The van der Waals surface area contributed by atoms with Crippen molar-refractivity contribution in [3.8, 4) is 11.5 Å². The standard InChI is InChI=1S/C14H14BrNO4/c1-18-10-3-4-11(19-2)9(7-10)8-16-14(17)12-5-6-13(15)20-12/h3-7H,8H2,1-2H3,(H,16,17). The van der Waals surface area contributed by atoms with E-state index in [0.717, 1.165) is 5.56 Å². The lowest BCUT2D eigenvalue weighted by molar-refractivity contribution is 0.0921. The molecule has 1 heterocycles. The number of benzene rings is 1. The maximum absolute atomic E-state index is 11.9. The number of carbonyl (C=O) groups excluding carboxylic acids is 1. The highest BCUT2D eigenvalue weighted by atomic mass is 79.9. The molecule has 6 heteroatoms. The number of rotatable bonds is 5. The Morgan fingerprint density at radius 2 is 2.05 bits per heavy atom. The number of nitrogens with one attached hydrogen (secondary N) is 1. The largest absolute Gasteiger partial charge is 0.497 e. The molecule has 0 spiro atoms. The molecule has 0 saturated carbocycles. The van der Waals surface area contributed by atoms with Crippen molar-refractivity contribution in [2.45, 2.75) is 6.54 Å². The zero-order valence-electron chi connectivity index (χ0n) is 11.1. The molecular formula is C14H14BrNO4. The van der Waals surface area contributed by atoms with Crippen LogP contribution in [-0.2, 0) is 6.54 Å². The lowest BCUT2D eigenvalue weighted by Gasteiger charge is -2.10. The molecule has 2 aromatic rings. The second kappa shape index (κ2) is 6.47. The van der Waals surface area contributed by atoms with Crippen LogP contribution >= 0.6 is 15.9 Å². The lowest BCUT2D eigenvalue weighted by atomic mass is 10.2. The van der Waals surface area contributed by atoms with Crippen LogP contribution in [0.5, 0.6) is 11.5 Å². The molecule has 0 aliphatic rings. The number of hydrogen-bond donors (Lipinski definition) is 1. The maximum Gasteiger partial charge on any atom is 0.287 e. The molecule has 106 valence electrons. The van der Waals surface area contributed by atoms with Gasteiger partial charge >= 0.3 is 0 Å². The van der Waals surface area contributed by atoms with Gasteiger partial charge in [-0.25, -0.2) is 0 Å². The molecule has 1 N–H and O–H groups in total. The van der Waals surface area contributed by atoms with Crippen LogP contribution in [0.3, 0.4) is 0 Å². The van der Waals surface area contributed by atoms with E-state index in [1.54, 1.807) is 38.5 Å². The Balaban J connectivity index is 2.08. The fourth-order valence-corrected chi connectivity index (χ4v) is 2.03. The van der Waals surface area contributed by atoms with Crippen LogP contribution < -0.4 is 14.8 Å². The first-order valence-corrected chi connectivity index (χ1v) is 6.67. The van der Waals surface area contributed by atoms with Gasteiger partial charge in [-0.1, -0.05) is 0 Å². The van der Waals surface area contributed by atoms with Crippen molar-refractivity contribution in [1.29, 1.82) is 0 Å². The summed E-state index contributed by atoms with van der Waals surface area (Å²) in [6.07, 6.45) is 0. The number of amides is 1. The first kappa shape index (κ1) is 14.5. The summed E-state index contributed by atoms with van der Waals surface area (Å²) in [5.74, 6) is 1.35. The van der Waals surface area contributed by atoms with Crippen molar-refractivity contribution in [1.82, 2.24) is 5.32 Å². The predicted molar refractivity (Wildman–Crippen MR) is 77.1 cm³/mol. The molecule has 5 nitrogen and oxygen atoms in total. The molecule has 1 amide bonds. The number of hydrogen-bond acceptors (Lipinski definition) is 4. The van der Waals surface area contributed by atoms with Gasteiger partial charge < -0.3 is 19.2 Å². The van der Waals surface area contributed by atoms with Crippen molar-refractivity contribution in [3.05, 3.63) is 46.3 Å². The molecule has 2 rings (SSSR count). The SMILES string of the molecule is COc1ccc(OC)c(CNC(=O)c2ccc(Br)o2)c1. The Kier molecular flexibility index (Phi) is 4.68. The highest BCUT2D eigenvalue weighted by molar-refractivity contribution is 9.10. The molecular weight excluding hydrogens is 326 g/mol. The second-order valence-electron chi connectivity index (χ2n) is 3.96. The Morgan fingerprint density at radius 1 is 1.25 bits per heavy atom. The second-order valence-corrected chi connectivity index (χ2v) is 4.75. The van der Waals surface area contributed by atoms with E-state index in [4.69, 9.17) is 13.9 Å². The van der Waals surface area contributed by atoms with Crippen molar-refractivity contribution < 1.29 is 18.7 Å². The summed E-state index contributed by atoms with van der Waals surface area (Å²) in [5, 5.41) is 2.77. The van der Waals surface area contributed by atoms with Gasteiger partial charge in [-0.05, 0) is 46.3 Å². The van der Waals surface area contributed by atoms with E-state index in [0.29, 0.717) is 22.7 Å². The number of ether oxygens (including phenoxy) is 2. The van der Waals surface area contributed by atoms with Crippen LogP contribution in [0, 0.1) is 0 Å².